The Labute approximate surface area is 93.4 Å². The number of hydrogen-bond acceptors (Lipinski definition) is 4. The Bertz CT molecular complexity index is 474. The summed E-state index contributed by atoms with van der Waals surface area (Å²) in [6.45, 7) is 1.67. The molecule has 0 radical (unpaired) electrons. The molecule has 0 saturated carbocycles. The van der Waals surface area contributed by atoms with Crippen molar-refractivity contribution in [1.82, 2.24) is 15.0 Å². The molecule has 84 valence electrons. The zero-order chi connectivity index (χ0) is 10.8. The molecule has 0 amide bonds. The van der Waals surface area contributed by atoms with Gasteiger partial charge in [-0.1, -0.05) is 0 Å². The Morgan fingerprint density at radius 3 is 3.25 bits per heavy atom. The van der Waals surface area contributed by atoms with E-state index in [1.807, 2.05) is 17.3 Å². The monoisotopic (exact) mass is 218 g/mol. The summed E-state index contributed by atoms with van der Waals surface area (Å²) in [5.74, 6) is 0.869. The predicted molar refractivity (Wildman–Crippen MR) is 61.0 cm³/mol. The number of aromatic amines is 1. The van der Waals surface area contributed by atoms with Crippen LogP contribution in [-0.4, -0.2) is 28.1 Å². The average Bonchev–Trinajstić information content (AvgIpc) is 2.63. The summed E-state index contributed by atoms with van der Waals surface area (Å²) in [6.07, 6.45) is 6.94. The van der Waals surface area contributed by atoms with Crippen molar-refractivity contribution in [3.05, 3.63) is 18.6 Å². The number of hydrogen-bond donors (Lipinski definition) is 1. The van der Waals surface area contributed by atoms with Crippen LogP contribution in [0.4, 0.5) is 5.82 Å². The Balaban J connectivity index is 2.00. The van der Waals surface area contributed by atoms with Crippen LogP contribution in [0.2, 0.25) is 0 Å². The maximum absolute atomic E-state index is 5.70. The molecule has 0 spiro atoms. The molecule has 3 rings (SSSR count). The van der Waals surface area contributed by atoms with Gasteiger partial charge >= 0.3 is 0 Å². The summed E-state index contributed by atoms with van der Waals surface area (Å²) >= 11 is 0. The molecular formula is C11H14N4O. The van der Waals surface area contributed by atoms with Crippen molar-refractivity contribution in [3.63, 3.8) is 0 Å². The van der Waals surface area contributed by atoms with Crippen molar-refractivity contribution in [2.75, 3.05) is 18.2 Å². The van der Waals surface area contributed by atoms with Crippen LogP contribution in [0.15, 0.2) is 18.6 Å². The van der Waals surface area contributed by atoms with Gasteiger partial charge in [-0.3, -0.25) is 4.84 Å². The van der Waals surface area contributed by atoms with E-state index >= 15 is 0 Å². The van der Waals surface area contributed by atoms with E-state index < -0.39 is 0 Å². The van der Waals surface area contributed by atoms with Gasteiger partial charge in [-0.25, -0.2) is 15.0 Å². The maximum Gasteiger partial charge on any atom is 0.165 e. The second-order valence-electron chi connectivity index (χ2n) is 3.93. The van der Waals surface area contributed by atoms with E-state index in [9.17, 15) is 0 Å². The molecular weight excluding hydrogens is 204 g/mol. The Morgan fingerprint density at radius 1 is 1.25 bits per heavy atom. The van der Waals surface area contributed by atoms with E-state index in [4.69, 9.17) is 4.84 Å². The van der Waals surface area contributed by atoms with Crippen LogP contribution in [-0.2, 0) is 4.84 Å². The minimum Gasteiger partial charge on any atom is -0.346 e. The highest BCUT2D eigenvalue weighted by molar-refractivity contribution is 5.86. The van der Waals surface area contributed by atoms with E-state index in [-0.39, 0.29) is 0 Å². The van der Waals surface area contributed by atoms with E-state index in [2.05, 4.69) is 15.0 Å². The number of fused-ring (bicyclic) bond motifs is 1. The quantitative estimate of drug-likeness (QED) is 0.794. The molecule has 1 aliphatic heterocycles. The van der Waals surface area contributed by atoms with Crippen LogP contribution in [0.25, 0.3) is 11.0 Å². The second-order valence-corrected chi connectivity index (χ2v) is 3.93. The third kappa shape index (κ3) is 1.63. The molecule has 1 N–H and O–H groups in total. The first kappa shape index (κ1) is 9.59. The highest BCUT2D eigenvalue weighted by Crippen LogP contribution is 2.23. The van der Waals surface area contributed by atoms with Crippen LogP contribution >= 0.6 is 0 Å². The Hall–Kier alpha value is -1.62. The fourth-order valence-electron chi connectivity index (χ4n) is 2.00. The van der Waals surface area contributed by atoms with Crippen LogP contribution < -0.4 is 5.06 Å². The average molecular weight is 218 g/mol. The van der Waals surface area contributed by atoms with Gasteiger partial charge < -0.3 is 4.98 Å². The van der Waals surface area contributed by atoms with Crippen molar-refractivity contribution < 1.29 is 4.84 Å². The number of aromatic nitrogens is 3. The van der Waals surface area contributed by atoms with Crippen molar-refractivity contribution in [2.45, 2.75) is 19.3 Å². The summed E-state index contributed by atoms with van der Waals surface area (Å²) in [7, 11) is 0. The van der Waals surface area contributed by atoms with Crippen LogP contribution in [0, 0.1) is 0 Å². The van der Waals surface area contributed by atoms with Gasteiger partial charge in [-0.15, -0.1) is 0 Å². The van der Waals surface area contributed by atoms with Crippen LogP contribution in [0.5, 0.6) is 0 Å². The maximum atomic E-state index is 5.70. The van der Waals surface area contributed by atoms with Gasteiger partial charge in [0.2, 0.25) is 0 Å². The van der Waals surface area contributed by atoms with E-state index in [0.717, 1.165) is 42.8 Å². The lowest BCUT2D eigenvalue weighted by Crippen LogP contribution is -2.24. The van der Waals surface area contributed by atoms with Gasteiger partial charge in [0.15, 0.2) is 5.82 Å². The van der Waals surface area contributed by atoms with E-state index in [1.165, 1.54) is 6.42 Å². The molecule has 0 bridgehead atoms. The number of H-pyrrole nitrogens is 1. The standard InChI is InChI=1S/C11H14N4O/c1-2-6-15(16-7-3-1)11-9-4-5-12-10(9)13-8-14-11/h4-5,8H,1-3,6-7H2,(H,12,13,14). The minimum atomic E-state index is 0.774. The molecule has 0 unspecified atom stereocenters. The van der Waals surface area contributed by atoms with Crippen LogP contribution in [0.3, 0.4) is 0 Å². The Kier molecular flexibility index (Phi) is 2.46. The minimum absolute atomic E-state index is 0.774. The zero-order valence-corrected chi connectivity index (χ0v) is 9.02. The number of rotatable bonds is 1. The largest absolute Gasteiger partial charge is 0.346 e. The smallest absolute Gasteiger partial charge is 0.165 e. The van der Waals surface area contributed by atoms with Gasteiger partial charge in [0.05, 0.1) is 12.0 Å². The van der Waals surface area contributed by atoms with Gasteiger partial charge in [-0.2, -0.15) is 0 Å². The lowest BCUT2D eigenvalue weighted by molar-refractivity contribution is 0.118. The van der Waals surface area contributed by atoms with Gasteiger partial charge in [-0.05, 0) is 25.3 Å². The fraction of sp³-hybridized carbons (Fsp3) is 0.455. The molecule has 2 aromatic rings. The van der Waals surface area contributed by atoms with E-state index in [0.29, 0.717) is 0 Å². The molecule has 5 nitrogen and oxygen atoms in total. The zero-order valence-electron chi connectivity index (χ0n) is 9.02. The van der Waals surface area contributed by atoms with Crippen LogP contribution in [0.1, 0.15) is 19.3 Å². The lowest BCUT2D eigenvalue weighted by Gasteiger charge is -2.20. The molecule has 16 heavy (non-hydrogen) atoms. The first-order valence-corrected chi connectivity index (χ1v) is 5.64. The van der Waals surface area contributed by atoms with Crippen molar-refractivity contribution in [1.29, 1.82) is 0 Å². The normalized spacial score (nSPS) is 17.6. The molecule has 1 saturated heterocycles. The second kappa shape index (κ2) is 4.09. The van der Waals surface area contributed by atoms with Crippen molar-refractivity contribution >= 4 is 16.9 Å². The van der Waals surface area contributed by atoms with E-state index in [1.54, 1.807) is 6.33 Å². The molecule has 1 aliphatic rings. The SMILES string of the molecule is c1nc(N2CCCCCO2)c2cc[nH]c2n1. The summed E-state index contributed by atoms with van der Waals surface area (Å²) < 4.78 is 0. The molecule has 5 heteroatoms. The summed E-state index contributed by atoms with van der Waals surface area (Å²) in [5, 5.41) is 2.91. The summed E-state index contributed by atoms with van der Waals surface area (Å²) in [4.78, 5) is 17.3. The van der Waals surface area contributed by atoms with Gasteiger partial charge in [0, 0.05) is 12.7 Å². The number of nitrogens with zero attached hydrogens (tertiary/aromatic N) is 3. The summed E-state index contributed by atoms with van der Waals surface area (Å²) in [5.41, 5.74) is 0.859. The molecule has 0 aromatic carbocycles. The number of nitrogens with one attached hydrogen (secondary N) is 1. The highest BCUT2D eigenvalue weighted by atomic mass is 16.7. The molecule has 1 fully saturated rings. The predicted octanol–water partition coefficient (Wildman–Crippen LogP) is 1.88. The number of hydroxylamine groups is 1. The van der Waals surface area contributed by atoms with Crippen molar-refractivity contribution in [2.24, 2.45) is 0 Å². The topological polar surface area (TPSA) is 54.0 Å². The fourth-order valence-corrected chi connectivity index (χ4v) is 2.00. The Morgan fingerprint density at radius 2 is 2.25 bits per heavy atom. The van der Waals surface area contributed by atoms with Crippen molar-refractivity contribution in [3.8, 4) is 0 Å². The lowest BCUT2D eigenvalue weighted by atomic mass is 10.2. The third-order valence-corrected chi connectivity index (χ3v) is 2.82. The molecule has 0 aliphatic carbocycles. The van der Waals surface area contributed by atoms with Gasteiger partial charge in [0.25, 0.3) is 0 Å². The summed E-state index contributed by atoms with van der Waals surface area (Å²) in [6, 6.07) is 1.99. The third-order valence-electron chi connectivity index (χ3n) is 2.82. The van der Waals surface area contributed by atoms with Gasteiger partial charge in [0.1, 0.15) is 12.0 Å². The highest BCUT2D eigenvalue weighted by Gasteiger charge is 2.15. The first-order valence-electron chi connectivity index (χ1n) is 5.64. The number of anilines is 1. The first-order chi connectivity index (χ1) is 7.95. The molecule has 3 heterocycles. The molecule has 0 atom stereocenters. The molecule has 2 aromatic heterocycles.